The van der Waals surface area contributed by atoms with Crippen LogP contribution in [0, 0.1) is 23.1 Å². The van der Waals surface area contributed by atoms with Gasteiger partial charge in [-0.15, -0.1) is 0 Å². The Morgan fingerprint density at radius 1 is 1.17 bits per heavy atom. The number of nitrogens with two attached hydrogens (primary N) is 1. The predicted octanol–water partition coefficient (Wildman–Crippen LogP) is 5.79. The number of nitrogens with one attached hydrogen (secondary N) is 1. The fraction of sp³-hybridized carbons (Fsp3) is 0.241. The second-order valence-electron chi connectivity index (χ2n) is 9.25. The summed E-state index contributed by atoms with van der Waals surface area (Å²) in [6.07, 6.45) is 9.23. The molecule has 0 unspecified atom stereocenters. The number of anilines is 1. The van der Waals surface area contributed by atoms with Crippen LogP contribution in [0.4, 0.5) is 10.1 Å². The number of nitrogens with zero attached hydrogens (tertiary/aromatic N) is 3. The van der Waals surface area contributed by atoms with Gasteiger partial charge in [-0.1, -0.05) is 24.6 Å². The standard InChI is InChI=1S/C29H26FN5O/c30-26-9-8-24(28-25(26)13-21(16-34-28)22-7-2-1-5-20(22)15-32)29(36)35-27-17-33-11-10-23(27)19-6-3-4-18(12-19)14-31/h1-2,5,7-11,13,16-19H,3-4,6,12,14,31H2,(H,35,36)/t18-,19+/m0/s1. The highest BCUT2D eigenvalue weighted by atomic mass is 19.1. The Kier molecular flexibility index (Phi) is 6.70. The molecule has 1 fully saturated rings. The number of hydrogen-bond donors (Lipinski definition) is 2. The predicted molar refractivity (Wildman–Crippen MR) is 138 cm³/mol. The average molecular weight is 480 g/mol. The smallest absolute Gasteiger partial charge is 0.257 e. The van der Waals surface area contributed by atoms with Gasteiger partial charge in [0, 0.05) is 28.9 Å². The number of fused-ring (bicyclic) bond motifs is 1. The van der Waals surface area contributed by atoms with Gasteiger partial charge in [-0.05, 0) is 73.5 Å². The Morgan fingerprint density at radius 3 is 2.86 bits per heavy atom. The maximum absolute atomic E-state index is 14.9. The summed E-state index contributed by atoms with van der Waals surface area (Å²) < 4.78 is 14.9. The molecule has 2 atom stereocenters. The highest BCUT2D eigenvalue weighted by Crippen LogP contribution is 2.39. The quantitative estimate of drug-likeness (QED) is 0.377. The molecule has 3 N–H and O–H groups in total. The average Bonchev–Trinajstić information content (AvgIpc) is 2.93. The van der Waals surface area contributed by atoms with Crippen LogP contribution in [0.15, 0.2) is 67.1 Å². The number of pyridine rings is 2. The van der Waals surface area contributed by atoms with Crippen molar-refractivity contribution in [3.8, 4) is 17.2 Å². The molecule has 1 saturated carbocycles. The highest BCUT2D eigenvalue weighted by Gasteiger charge is 2.25. The molecule has 2 aromatic heterocycles. The minimum absolute atomic E-state index is 0.220. The van der Waals surface area contributed by atoms with Gasteiger partial charge in [-0.25, -0.2) is 4.39 Å². The van der Waals surface area contributed by atoms with E-state index in [1.807, 2.05) is 12.1 Å². The zero-order valence-corrected chi connectivity index (χ0v) is 19.7. The van der Waals surface area contributed by atoms with Gasteiger partial charge < -0.3 is 11.1 Å². The van der Waals surface area contributed by atoms with Crippen molar-refractivity contribution in [2.45, 2.75) is 31.6 Å². The van der Waals surface area contributed by atoms with Gasteiger partial charge in [0.05, 0.1) is 34.6 Å². The Bertz CT molecular complexity index is 1480. The van der Waals surface area contributed by atoms with E-state index in [4.69, 9.17) is 5.73 Å². The van der Waals surface area contributed by atoms with Crippen LogP contribution >= 0.6 is 0 Å². The van der Waals surface area contributed by atoms with E-state index in [1.54, 1.807) is 42.9 Å². The van der Waals surface area contributed by atoms with Crippen molar-refractivity contribution in [1.29, 1.82) is 5.26 Å². The maximum Gasteiger partial charge on any atom is 0.257 e. The van der Waals surface area contributed by atoms with E-state index >= 15 is 0 Å². The van der Waals surface area contributed by atoms with E-state index in [0.29, 0.717) is 40.8 Å². The van der Waals surface area contributed by atoms with Gasteiger partial charge in [-0.2, -0.15) is 5.26 Å². The second-order valence-corrected chi connectivity index (χ2v) is 9.25. The molecular formula is C29H26FN5O. The first-order valence-corrected chi connectivity index (χ1v) is 12.1. The van der Waals surface area contributed by atoms with Crippen LogP contribution in [0.3, 0.4) is 0 Å². The summed E-state index contributed by atoms with van der Waals surface area (Å²) in [5.74, 6) is -0.0805. The van der Waals surface area contributed by atoms with E-state index in [0.717, 1.165) is 31.2 Å². The van der Waals surface area contributed by atoms with E-state index < -0.39 is 5.82 Å². The first kappa shape index (κ1) is 23.6. The van der Waals surface area contributed by atoms with Gasteiger partial charge in [0.1, 0.15) is 5.82 Å². The summed E-state index contributed by atoms with van der Waals surface area (Å²) in [5.41, 5.74) is 9.90. The fourth-order valence-corrected chi connectivity index (χ4v) is 5.19. The van der Waals surface area contributed by atoms with Crippen LogP contribution in [0.2, 0.25) is 0 Å². The van der Waals surface area contributed by atoms with Crippen molar-refractivity contribution in [1.82, 2.24) is 9.97 Å². The van der Waals surface area contributed by atoms with Gasteiger partial charge in [-0.3, -0.25) is 14.8 Å². The van der Waals surface area contributed by atoms with Crippen LogP contribution in [0.1, 0.15) is 53.1 Å². The lowest BCUT2D eigenvalue weighted by atomic mass is 9.78. The van der Waals surface area contributed by atoms with E-state index in [2.05, 4.69) is 21.4 Å². The Balaban J connectivity index is 1.48. The topological polar surface area (TPSA) is 105 Å². The minimum Gasteiger partial charge on any atom is -0.330 e. The molecule has 1 amide bonds. The van der Waals surface area contributed by atoms with Gasteiger partial charge in [0.25, 0.3) is 5.91 Å². The van der Waals surface area contributed by atoms with Gasteiger partial charge >= 0.3 is 0 Å². The maximum atomic E-state index is 14.9. The third kappa shape index (κ3) is 4.56. The van der Waals surface area contributed by atoms with Gasteiger partial charge in [0.2, 0.25) is 0 Å². The number of hydrogen-bond acceptors (Lipinski definition) is 5. The summed E-state index contributed by atoms with van der Waals surface area (Å²) in [4.78, 5) is 22.1. The molecule has 0 radical (unpaired) electrons. The number of rotatable bonds is 5. The molecule has 36 heavy (non-hydrogen) atoms. The lowest BCUT2D eigenvalue weighted by molar-refractivity contribution is 0.102. The molecular weight excluding hydrogens is 453 g/mol. The van der Waals surface area contributed by atoms with E-state index in [-0.39, 0.29) is 22.4 Å². The summed E-state index contributed by atoms with van der Waals surface area (Å²) in [7, 11) is 0. The SMILES string of the molecule is N#Cc1ccccc1-c1cnc2c(C(=O)Nc3cnccc3[C@@H]3CCC[C@H](CN)C3)ccc(F)c2c1. The Labute approximate surface area is 209 Å². The van der Waals surface area contributed by atoms with Crippen molar-refractivity contribution in [3.63, 3.8) is 0 Å². The molecule has 2 aromatic carbocycles. The number of amides is 1. The molecule has 7 heteroatoms. The Hall–Kier alpha value is -4.15. The number of carbonyl (C=O) groups is 1. The molecule has 4 aromatic rings. The molecule has 5 rings (SSSR count). The molecule has 2 heterocycles. The molecule has 6 nitrogen and oxygen atoms in total. The number of benzene rings is 2. The molecule has 180 valence electrons. The first-order chi connectivity index (χ1) is 17.6. The van der Waals surface area contributed by atoms with Crippen LogP contribution in [-0.2, 0) is 0 Å². The lowest BCUT2D eigenvalue weighted by Gasteiger charge is -2.29. The monoisotopic (exact) mass is 479 g/mol. The zero-order valence-electron chi connectivity index (χ0n) is 19.7. The van der Waals surface area contributed by atoms with E-state index in [1.165, 1.54) is 12.1 Å². The van der Waals surface area contributed by atoms with Crippen molar-refractivity contribution >= 4 is 22.5 Å². The number of aromatic nitrogens is 2. The highest BCUT2D eigenvalue weighted by molar-refractivity contribution is 6.12. The van der Waals surface area contributed by atoms with Crippen molar-refractivity contribution in [2.75, 3.05) is 11.9 Å². The fourth-order valence-electron chi connectivity index (χ4n) is 5.19. The molecule has 1 aliphatic carbocycles. The van der Waals surface area contributed by atoms with Crippen LogP contribution in [0.25, 0.3) is 22.0 Å². The summed E-state index contributed by atoms with van der Waals surface area (Å²) >= 11 is 0. The van der Waals surface area contributed by atoms with Crippen LogP contribution < -0.4 is 11.1 Å². The van der Waals surface area contributed by atoms with Crippen molar-refractivity contribution in [2.24, 2.45) is 11.7 Å². The number of nitriles is 1. The van der Waals surface area contributed by atoms with Crippen molar-refractivity contribution in [3.05, 3.63) is 89.6 Å². The molecule has 0 spiro atoms. The van der Waals surface area contributed by atoms with Crippen LogP contribution in [-0.4, -0.2) is 22.4 Å². The Morgan fingerprint density at radius 2 is 2.03 bits per heavy atom. The minimum atomic E-state index is -0.484. The summed E-state index contributed by atoms with van der Waals surface area (Å²) in [6, 6.07) is 15.5. The largest absolute Gasteiger partial charge is 0.330 e. The summed E-state index contributed by atoms with van der Waals surface area (Å²) in [5, 5.41) is 12.7. The third-order valence-corrected chi connectivity index (χ3v) is 7.06. The second kappa shape index (κ2) is 10.2. The van der Waals surface area contributed by atoms with Crippen molar-refractivity contribution < 1.29 is 9.18 Å². The van der Waals surface area contributed by atoms with E-state index in [9.17, 15) is 14.4 Å². The number of halogens is 1. The third-order valence-electron chi connectivity index (χ3n) is 7.06. The van der Waals surface area contributed by atoms with Gasteiger partial charge in [0.15, 0.2) is 0 Å². The normalized spacial score (nSPS) is 17.5. The molecule has 0 aliphatic heterocycles. The molecule has 0 saturated heterocycles. The molecule has 1 aliphatic rings. The number of carbonyl (C=O) groups excluding carboxylic acids is 1. The zero-order chi connectivity index (χ0) is 25.1. The summed E-state index contributed by atoms with van der Waals surface area (Å²) in [6.45, 7) is 0.664. The first-order valence-electron chi connectivity index (χ1n) is 12.1. The lowest BCUT2D eigenvalue weighted by Crippen LogP contribution is -2.23. The van der Waals surface area contributed by atoms with Crippen LogP contribution in [0.5, 0.6) is 0 Å². The molecule has 0 bridgehead atoms.